The number of hydrogen-bond donors (Lipinski definition) is 0. The fourth-order valence-electron chi connectivity index (χ4n) is 7.99. The van der Waals surface area contributed by atoms with Gasteiger partial charge in [-0.05, 0) is 109 Å². The number of carboxylic acids is 1. The molecule has 0 saturated heterocycles. The number of quaternary nitrogens is 1. The minimum Gasteiger partial charge on any atom is -0.545 e. The SMILES string of the molecule is CC/C=C\C/C=C\C/C=C\C/C=C\C/C=C\C/C=C\C/C=C\C/C=C\CCCCCCCCCCC(=O)OC(COC(=O)CCCCCCCCCCC/C=C\C/C=C\CCCCC)COC(OCC[N+](C)(C)C)C(=O)[O-]. The molecule has 2 unspecified atom stereocenters. The highest BCUT2D eigenvalue weighted by molar-refractivity contribution is 5.70. The highest BCUT2D eigenvalue weighted by atomic mass is 16.7. The summed E-state index contributed by atoms with van der Waals surface area (Å²) >= 11 is 0. The number of rotatable bonds is 55. The van der Waals surface area contributed by atoms with Crippen molar-refractivity contribution >= 4 is 17.9 Å². The number of allylic oxidation sites excluding steroid dienone is 20. The van der Waals surface area contributed by atoms with Crippen molar-refractivity contribution < 1.29 is 42.9 Å². The van der Waals surface area contributed by atoms with E-state index < -0.39 is 24.3 Å². The maximum atomic E-state index is 12.9. The number of carboxylic acid groups (broad SMARTS) is 1. The van der Waals surface area contributed by atoms with Gasteiger partial charge in [0.2, 0.25) is 0 Å². The van der Waals surface area contributed by atoms with Gasteiger partial charge in [0.15, 0.2) is 12.4 Å². The Hall–Kier alpha value is -4.31. The number of unbranched alkanes of at least 4 members (excludes halogenated alkanes) is 20. The van der Waals surface area contributed by atoms with Crippen molar-refractivity contribution in [1.29, 1.82) is 0 Å². The molecule has 9 nitrogen and oxygen atoms in total. The Balaban J connectivity index is 4.26. The van der Waals surface area contributed by atoms with Crippen molar-refractivity contribution in [1.82, 2.24) is 0 Å². The van der Waals surface area contributed by atoms with Gasteiger partial charge >= 0.3 is 11.9 Å². The zero-order valence-electron chi connectivity index (χ0n) is 49.8. The smallest absolute Gasteiger partial charge is 0.306 e. The number of nitrogens with zero attached hydrogens (tertiary/aromatic N) is 1. The van der Waals surface area contributed by atoms with E-state index in [-0.39, 0.29) is 38.6 Å². The molecule has 0 spiro atoms. The van der Waals surface area contributed by atoms with Crippen molar-refractivity contribution in [2.75, 3.05) is 47.5 Å². The summed E-state index contributed by atoms with van der Waals surface area (Å²) in [5, 5.41) is 11.8. The molecule has 0 N–H and O–H groups in total. The van der Waals surface area contributed by atoms with Crippen LogP contribution < -0.4 is 5.11 Å². The molecule has 0 aliphatic heterocycles. The normalized spacial score (nSPS) is 13.6. The molecular formula is C68H113NO8. The van der Waals surface area contributed by atoms with E-state index in [4.69, 9.17) is 18.9 Å². The second kappa shape index (κ2) is 57.9. The van der Waals surface area contributed by atoms with Crippen molar-refractivity contribution in [2.24, 2.45) is 0 Å². The lowest BCUT2D eigenvalue weighted by Crippen LogP contribution is -2.44. The molecular weight excluding hydrogens is 959 g/mol. The zero-order valence-corrected chi connectivity index (χ0v) is 49.8. The van der Waals surface area contributed by atoms with Crippen LogP contribution in [0.25, 0.3) is 0 Å². The molecule has 438 valence electrons. The van der Waals surface area contributed by atoms with Crippen LogP contribution >= 0.6 is 0 Å². The second-order valence-corrected chi connectivity index (χ2v) is 21.3. The third kappa shape index (κ3) is 59.2. The Morgan fingerprint density at radius 3 is 1.10 bits per heavy atom. The van der Waals surface area contributed by atoms with Crippen molar-refractivity contribution in [3.63, 3.8) is 0 Å². The summed E-state index contributed by atoms with van der Waals surface area (Å²) in [6.45, 7) is 4.59. The highest BCUT2D eigenvalue weighted by Crippen LogP contribution is 2.15. The molecule has 77 heavy (non-hydrogen) atoms. The first-order valence-electron chi connectivity index (χ1n) is 30.7. The first kappa shape index (κ1) is 72.7. The lowest BCUT2D eigenvalue weighted by Gasteiger charge is -2.26. The molecule has 0 rings (SSSR count). The lowest BCUT2D eigenvalue weighted by molar-refractivity contribution is -0.870. The van der Waals surface area contributed by atoms with E-state index in [0.29, 0.717) is 17.4 Å². The van der Waals surface area contributed by atoms with Crippen LogP contribution in [0.5, 0.6) is 0 Å². The van der Waals surface area contributed by atoms with Gasteiger partial charge in [0, 0.05) is 12.8 Å². The van der Waals surface area contributed by atoms with Gasteiger partial charge in [-0.1, -0.05) is 232 Å². The lowest BCUT2D eigenvalue weighted by atomic mass is 10.1. The molecule has 0 aliphatic rings. The average Bonchev–Trinajstić information content (AvgIpc) is 3.40. The largest absolute Gasteiger partial charge is 0.545 e. The molecule has 2 atom stereocenters. The number of carbonyl (C=O) groups is 3. The van der Waals surface area contributed by atoms with Crippen LogP contribution in [-0.4, -0.2) is 82.3 Å². The van der Waals surface area contributed by atoms with Crippen LogP contribution in [0.3, 0.4) is 0 Å². The van der Waals surface area contributed by atoms with Crippen LogP contribution in [0.1, 0.15) is 232 Å². The van der Waals surface area contributed by atoms with E-state index in [1.165, 1.54) is 83.5 Å². The van der Waals surface area contributed by atoms with Crippen LogP contribution in [-0.2, 0) is 33.3 Å². The number of hydrogen-bond acceptors (Lipinski definition) is 8. The minimum atomic E-state index is -1.63. The van der Waals surface area contributed by atoms with Gasteiger partial charge in [-0.2, -0.15) is 0 Å². The van der Waals surface area contributed by atoms with Gasteiger partial charge in [-0.3, -0.25) is 9.59 Å². The standard InChI is InChI=1S/C68H113NO8/c1-6-8-10-12-14-16-18-20-22-24-26-27-28-29-30-31-32-33-34-35-36-37-38-39-41-43-45-47-49-51-53-55-57-59-66(71)77-64(63-76-68(67(72)73)74-61-60-69(3,4)5)62-75-65(70)58-56-54-52-50-48-46-44-42-40-25-23-21-19-17-15-13-11-9-7-2/h8,10,14-17,20-23,26-27,29-30,32-33,35-36,38-39,64,68H,6-7,9,11-13,18-19,24-25,28,31,34,37,40-63H2,1-5H3/b10-8-,16-14-,17-15-,22-20-,23-21-,27-26-,30-29-,33-32-,36-35-,39-38-. The molecule has 0 heterocycles. The van der Waals surface area contributed by atoms with Crippen molar-refractivity contribution in [3.05, 3.63) is 122 Å². The molecule has 0 fully saturated rings. The number of ether oxygens (including phenoxy) is 4. The molecule has 0 aromatic heterocycles. The van der Waals surface area contributed by atoms with E-state index in [9.17, 15) is 19.5 Å². The summed E-state index contributed by atoms with van der Waals surface area (Å²) in [5.74, 6) is -2.31. The predicted molar refractivity (Wildman–Crippen MR) is 324 cm³/mol. The molecule has 0 saturated carbocycles. The van der Waals surface area contributed by atoms with Crippen LogP contribution in [0, 0.1) is 0 Å². The molecule has 0 aromatic carbocycles. The van der Waals surface area contributed by atoms with Gasteiger partial charge in [0.1, 0.15) is 13.2 Å². The van der Waals surface area contributed by atoms with Gasteiger partial charge in [0.25, 0.3) is 0 Å². The van der Waals surface area contributed by atoms with Crippen LogP contribution in [0.4, 0.5) is 0 Å². The molecule has 9 heteroatoms. The minimum absolute atomic E-state index is 0.139. The molecule has 0 bridgehead atoms. The topological polar surface area (TPSA) is 111 Å². The predicted octanol–water partition coefficient (Wildman–Crippen LogP) is 17.1. The van der Waals surface area contributed by atoms with Crippen molar-refractivity contribution in [2.45, 2.75) is 245 Å². The first-order valence-corrected chi connectivity index (χ1v) is 30.7. The number of carbonyl (C=O) groups excluding carboxylic acids is 3. The summed E-state index contributed by atoms with van der Waals surface area (Å²) < 4.78 is 22.7. The van der Waals surface area contributed by atoms with Gasteiger partial charge in [-0.25, -0.2) is 0 Å². The van der Waals surface area contributed by atoms with E-state index in [1.54, 1.807) is 0 Å². The number of likely N-dealkylation sites (N-methyl/N-ethyl adjacent to an activating group) is 1. The summed E-state index contributed by atoms with van der Waals surface area (Å²) in [6.07, 6.45) is 78.1. The Bertz CT molecular complexity index is 1670. The number of aliphatic carboxylic acids is 1. The second-order valence-electron chi connectivity index (χ2n) is 21.3. The van der Waals surface area contributed by atoms with E-state index in [2.05, 4.69) is 135 Å². The quantitative estimate of drug-likeness (QED) is 0.0195. The van der Waals surface area contributed by atoms with E-state index >= 15 is 0 Å². The number of esters is 2. The summed E-state index contributed by atoms with van der Waals surface area (Å²) in [5.41, 5.74) is 0. The van der Waals surface area contributed by atoms with Gasteiger partial charge in [0.05, 0.1) is 40.3 Å². The fourth-order valence-corrected chi connectivity index (χ4v) is 7.99. The Labute approximate surface area is 472 Å². The summed E-state index contributed by atoms with van der Waals surface area (Å²) in [6, 6.07) is 0. The third-order valence-electron chi connectivity index (χ3n) is 12.7. The van der Waals surface area contributed by atoms with E-state index in [1.807, 2.05) is 21.1 Å². The molecule has 0 aromatic rings. The molecule has 0 amide bonds. The van der Waals surface area contributed by atoms with Crippen LogP contribution in [0.15, 0.2) is 122 Å². The van der Waals surface area contributed by atoms with Gasteiger partial charge < -0.3 is 33.3 Å². The zero-order chi connectivity index (χ0) is 56.2. The molecule has 0 aliphatic carbocycles. The highest BCUT2D eigenvalue weighted by Gasteiger charge is 2.22. The Morgan fingerprint density at radius 2 is 0.740 bits per heavy atom. The fraction of sp³-hybridized carbons (Fsp3) is 0.662. The Morgan fingerprint density at radius 1 is 0.403 bits per heavy atom. The van der Waals surface area contributed by atoms with Crippen LogP contribution in [0.2, 0.25) is 0 Å². The van der Waals surface area contributed by atoms with Crippen molar-refractivity contribution in [3.8, 4) is 0 Å². The maximum absolute atomic E-state index is 12.9. The van der Waals surface area contributed by atoms with E-state index in [0.717, 1.165) is 116 Å². The monoisotopic (exact) mass is 1070 g/mol. The molecule has 0 radical (unpaired) electrons. The summed E-state index contributed by atoms with van der Waals surface area (Å²) in [4.78, 5) is 37.3. The average molecular weight is 1070 g/mol. The first-order chi connectivity index (χ1) is 37.6. The third-order valence-corrected chi connectivity index (χ3v) is 12.7. The maximum Gasteiger partial charge on any atom is 0.306 e. The summed E-state index contributed by atoms with van der Waals surface area (Å²) in [7, 11) is 5.91. The van der Waals surface area contributed by atoms with Gasteiger partial charge in [-0.15, -0.1) is 0 Å². The Kier molecular flexibility index (Phi) is 54.6.